The SMILES string of the molecule is CCCCc1ccc(-n2nc(C)c(N=Nc3ccc(C(=O)O)cc3O)c2O)cc1. The van der Waals surface area contributed by atoms with Gasteiger partial charge in [-0.3, -0.25) is 0 Å². The maximum absolute atomic E-state index is 10.9. The predicted molar refractivity (Wildman–Crippen MR) is 108 cm³/mol. The van der Waals surface area contributed by atoms with Crippen LogP contribution in [-0.4, -0.2) is 31.1 Å². The molecule has 3 aromatic rings. The number of aromatic nitrogens is 2. The standard InChI is InChI=1S/C21H22N4O4/c1-3-4-5-14-6-9-16(10-7-14)25-20(27)19(13(2)24-25)23-22-17-11-8-15(21(28)29)12-18(17)26/h6-12,26-27H,3-5H2,1-2H3,(H,28,29). The number of azo groups is 1. The number of carboxylic acid groups (broad SMARTS) is 1. The molecule has 29 heavy (non-hydrogen) atoms. The number of carbonyl (C=O) groups is 1. The summed E-state index contributed by atoms with van der Waals surface area (Å²) < 4.78 is 1.38. The number of hydrogen-bond acceptors (Lipinski definition) is 6. The molecule has 1 aromatic heterocycles. The molecular weight excluding hydrogens is 372 g/mol. The van der Waals surface area contributed by atoms with Gasteiger partial charge in [0.05, 0.1) is 16.9 Å². The van der Waals surface area contributed by atoms with Crippen LogP contribution in [0.1, 0.15) is 41.4 Å². The summed E-state index contributed by atoms with van der Waals surface area (Å²) in [6.45, 7) is 3.84. The fraction of sp³-hybridized carbons (Fsp3) is 0.238. The Hall–Kier alpha value is -3.68. The lowest BCUT2D eigenvalue weighted by atomic mass is 10.1. The van der Waals surface area contributed by atoms with Crippen LogP contribution in [0.3, 0.4) is 0 Å². The van der Waals surface area contributed by atoms with Gasteiger partial charge in [0.1, 0.15) is 11.4 Å². The molecule has 1 heterocycles. The number of hydrogen-bond donors (Lipinski definition) is 3. The van der Waals surface area contributed by atoms with Crippen LogP contribution in [0, 0.1) is 6.92 Å². The lowest BCUT2D eigenvalue weighted by Gasteiger charge is -2.05. The summed E-state index contributed by atoms with van der Waals surface area (Å²) >= 11 is 0. The minimum absolute atomic E-state index is 0.0596. The van der Waals surface area contributed by atoms with Gasteiger partial charge < -0.3 is 15.3 Å². The Morgan fingerprint density at radius 1 is 1.10 bits per heavy atom. The Labute approximate surface area is 167 Å². The first kappa shape index (κ1) is 20.1. The highest BCUT2D eigenvalue weighted by atomic mass is 16.4. The topological polar surface area (TPSA) is 120 Å². The molecule has 0 saturated heterocycles. The first-order valence-electron chi connectivity index (χ1n) is 9.26. The first-order chi connectivity index (χ1) is 13.9. The molecule has 2 aromatic carbocycles. The van der Waals surface area contributed by atoms with E-state index in [1.54, 1.807) is 6.92 Å². The molecule has 8 nitrogen and oxygen atoms in total. The lowest BCUT2D eigenvalue weighted by Crippen LogP contribution is -1.96. The monoisotopic (exact) mass is 394 g/mol. The molecule has 0 bridgehead atoms. The average Bonchev–Trinajstić information content (AvgIpc) is 2.99. The van der Waals surface area contributed by atoms with Gasteiger partial charge in [0, 0.05) is 0 Å². The van der Waals surface area contributed by atoms with Crippen molar-refractivity contribution in [1.82, 2.24) is 9.78 Å². The van der Waals surface area contributed by atoms with Crippen LogP contribution in [0.15, 0.2) is 52.7 Å². The van der Waals surface area contributed by atoms with Crippen molar-refractivity contribution in [3.8, 4) is 17.3 Å². The van der Waals surface area contributed by atoms with Crippen molar-refractivity contribution in [3.05, 3.63) is 59.3 Å². The number of phenols is 1. The van der Waals surface area contributed by atoms with E-state index in [4.69, 9.17) is 5.11 Å². The molecule has 8 heteroatoms. The normalized spacial score (nSPS) is 11.2. The van der Waals surface area contributed by atoms with Crippen LogP contribution in [0.25, 0.3) is 5.69 Å². The molecule has 0 atom stereocenters. The summed E-state index contributed by atoms with van der Waals surface area (Å²) in [7, 11) is 0. The van der Waals surface area contributed by atoms with Gasteiger partial charge >= 0.3 is 5.97 Å². The molecule has 0 aliphatic heterocycles. The number of unbranched alkanes of at least 4 members (excludes halogenated alkanes) is 1. The van der Waals surface area contributed by atoms with Gasteiger partial charge in [0.2, 0.25) is 5.88 Å². The van der Waals surface area contributed by atoms with E-state index in [0.717, 1.165) is 25.3 Å². The third kappa shape index (κ3) is 4.43. The van der Waals surface area contributed by atoms with Gasteiger partial charge in [-0.15, -0.1) is 10.2 Å². The van der Waals surface area contributed by atoms with E-state index in [9.17, 15) is 15.0 Å². The number of phenolic OH excluding ortho intramolecular Hbond substituents is 1. The van der Waals surface area contributed by atoms with Gasteiger partial charge in [0.15, 0.2) is 5.69 Å². The second-order valence-electron chi connectivity index (χ2n) is 6.65. The first-order valence-corrected chi connectivity index (χ1v) is 9.26. The third-order valence-corrected chi connectivity index (χ3v) is 4.49. The molecule has 3 rings (SSSR count). The zero-order valence-electron chi connectivity index (χ0n) is 16.2. The van der Waals surface area contributed by atoms with E-state index in [1.807, 2.05) is 24.3 Å². The molecule has 0 aliphatic carbocycles. The largest absolute Gasteiger partial charge is 0.506 e. The van der Waals surface area contributed by atoms with Crippen LogP contribution < -0.4 is 0 Å². The number of aromatic hydroxyl groups is 2. The lowest BCUT2D eigenvalue weighted by molar-refractivity contribution is 0.0696. The minimum Gasteiger partial charge on any atom is -0.506 e. The van der Waals surface area contributed by atoms with Gasteiger partial charge in [-0.05, 0) is 55.7 Å². The number of rotatable bonds is 7. The van der Waals surface area contributed by atoms with E-state index >= 15 is 0 Å². The van der Waals surface area contributed by atoms with Crippen LogP contribution in [-0.2, 0) is 6.42 Å². The quantitative estimate of drug-likeness (QED) is 0.484. The zero-order chi connectivity index (χ0) is 21.0. The van der Waals surface area contributed by atoms with Crippen LogP contribution in [0.2, 0.25) is 0 Å². The van der Waals surface area contributed by atoms with Crippen molar-refractivity contribution in [2.75, 3.05) is 0 Å². The van der Waals surface area contributed by atoms with Crippen LogP contribution in [0.4, 0.5) is 11.4 Å². The Kier molecular flexibility index (Phi) is 5.92. The summed E-state index contributed by atoms with van der Waals surface area (Å²) in [6, 6.07) is 11.5. The fourth-order valence-corrected chi connectivity index (χ4v) is 2.83. The summed E-state index contributed by atoms with van der Waals surface area (Å²) in [5.74, 6) is -1.64. The molecule has 0 spiro atoms. The van der Waals surface area contributed by atoms with Crippen molar-refractivity contribution in [2.45, 2.75) is 33.1 Å². The number of benzene rings is 2. The van der Waals surface area contributed by atoms with E-state index in [0.29, 0.717) is 11.4 Å². The molecule has 0 fully saturated rings. The molecule has 0 radical (unpaired) electrons. The van der Waals surface area contributed by atoms with E-state index in [2.05, 4.69) is 22.3 Å². The summed E-state index contributed by atoms with van der Waals surface area (Å²) in [4.78, 5) is 10.9. The number of aromatic carboxylic acids is 1. The molecule has 0 unspecified atom stereocenters. The summed E-state index contributed by atoms with van der Waals surface area (Å²) in [5, 5.41) is 41.7. The molecule has 150 valence electrons. The smallest absolute Gasteiger partial charge is 0.335 e. The third-order valence-electron chi connectivity index (χ3n) is 4.49. The Balaban J connectivity index is 1.86. The maximum Gasteiger partial charge on any atom is 0.335 e. The van der Waals surface area contributed by atoms with Crippen molar-refractivity contribution in [3.63, 3.8) is 0 Å². The Morgan fingerprint density at radius 3 is 2.45 bits per heavy atom. The highest BCUT2D eigenvalue weighted by Gasteiger charge is 2.16. The summed E-state index contributed by atoms with van der Waals surface area (Å²) in [5.41, 5.74) is 2.57. The predicted octanol–water partition coefficient (Wildman–Crippen LogP) is 5.05. The number of carboxylic acids is 1. The van der Waals surface area contributed by atoms with Gasteiger partial charge in [-0.25, -0.2) is 4.79 Å². The Bertz CT molecular complexity index is 1060. The second kappa shape index (κ2) is 8.55. The zero-order valence-corrected chi connectivity index (χ0v) is 16.2. The van der Waals surface area contributed by atoms with Crippen LogP contribution in [0.5, 0.6) is 11.6 Å². The Morgan fingerprint density at radius 2 is 1.83 bits per heavy atom. The molecule has 3 N–H and O–H groups in total. The van der Waals surface area contributed by atoms with Gasteiger partial charge in [-0.1, -0.05) is 25.5 Å². The number of aryl methyl sites for hydroxylation is 2. The van der Waals surface area contributed by atoms with Crippen molar-refractivity contribution < 1.29 is 20.1 Å². The van der Waals surface area contributed by atoms with Gasteiger partial charge in [0.25, 0.3) is 0 Å². The fourth-order valence-electron chi connectivity index (χ4n) is 2.83. The van der Waals surface area contributed by atoms with Gasteiger partial charge in [-0.2, -0.15) is 9.78 Å². The molecule has 0 saturated carbocycles. The highest BCUT2D eigenvalue weighted by molar-refractivity contribution is 5.88. The van der Waals surface area contributed by atoms with E-state index < -0.39 is 5.97 Å². The minimum atomic E-state index is -1.15. The molecular formula is C21H22N4O4. The van der Waals surface area contributed by atoms with E-state index in [1.165, 1.54) is 22.4 Å². The van der Waals surface area contributed by atoms with Crippen LogP contribution >= 0.6 is 0 Å². The van der Waals surface area contributed by atoms with Crippen molar-refractivity contribution in [1.29, 1.82) is 0 Å². The van der Waals surface area contributed by atoms with Crippen molar-refractivity contribution >= 4 is 17.3 Å². The second-order valence-corrected chi connectivity index (χ2v) is 6.65. The average molecular weight is 394 g/mol. The number of nitrogens with zero attached hydrogens (tertiary/aromatic N) is 4. The van der Waals surface area contributed by atoms with E-state index in [-0.39, 0.29) is 28.6 Å². The highest BCUT2D eigenvalue weighted by Crippen LogP contribution is 2.35. The summed E-state index contributed by atoms with van der Waals surface area (Å²) in [6.07, 6.45) is 3.25. The molecule has 0 amide bonds. The van der Waals surface area contributed by atoms with Crippen molar-refractivity contribution in [2.24, 2.45) is 10.2 Å². The maximum atomic E-state index is 10.9. The molecule has 0 aliphatic rings.